The number of rotatable bonds is 19. The van der Waals surface area contributed by atoms with Crippen LogP contribution in [-0.4, -0.2) is 149 Å². The van der Waals surface area contributed by atoms with Crippen LogP contribution in [0.25, 0.3) is 11.1 Å². The molecule has 5 aliphatic rings. The minimum Gasteiger partial charge on any atom is -0.497 e. The van der Waals surface area contributed by atoms with Crippen LogP contribution in [-0.2, 0) is 32.2 Å². The van der Waals surface area contributed by atoms with Gasteiger partial charge in [0.2, 0.25) is 11.8 Å². The van der Waals surface area contributed by atoms with E-state index in [-0.39, 0.29) is 120 Å². The summed E-state index contributed by atoms with van der Waals surface area (Å²) < 4.78 is 40.0. The standard InChI is InChI=1S/C63H67Cl2FN12O8/c1-38(2)86-54-33-46(83-3)17-19-48(54)61-71-58(39-6-10-42(64)11-7-39)59(40-8-12-43(65)13-9-40)78(61)63(82)74-25-24-73(56(80)37-74)26-28-85-30-29-84-27-20-55(79)69-21-23-77-53(34-67)57-41-31-52(60(68)70-35-41)75-22-4-5-51(75)49-32-44(66)14-18-47(49)62(81)76(45-15-16-45)36-50(57)72-77/h6-14,17-19,31-33,35,38,45,51,58-59H,4-5,15-16,20-30,36-37H2,1-3H3,(H2,68,70)(H,69,79)/t51-,58+,59-/m1/s1. The number of carbonyl (C=O) groups excluding carboxylic acids is 4. The summed E-state index contributed by atoms with van der Waals surface area (Å²) in [5.74, 6) is 0.555. The van der Waals surface area contributed by atoms with Gasteiger partial charge in [0.1, 0.15) is 53.3 Å². The summed E-state index contributed by atoms with van der Waals surface area (Å²) in [7, 11) is 1.57. The molecule has 86 heavy (non-hydrogen) atoms. The molecule has 11 rings (SSSR count). The fourth-order valence-corrected chi connectivity index (χ4v) is 12.1. The van der Waals surface area contributed by atoms with Crippen LogP contribution in [0.4, 0.5) is 20.7 Å². The molecule has 3 N–H and O–H groups in total. The number of hydrogen-bond acceptors (Lipinski definition) is 14. The van der Waals surface area contributed by atoms with Gasteiger partial charge in [0.15, 0.2) is 0 Å². The summed E-state index contributed by atoms with van der Waals surface area (Å²) >= 11 is 12.7. The van der Waals surface area contributed by atoms with Crippen LogP contribution in [0.15, 0.2) is 102 Å². The molecule has 3 atom stereocenters. The number of nitrogens with zero attached hydrogens (tertiary/aromatic N) is 10. The first-order chi connectivity index (χ1) is 41.7. The maximum absolute atomic E-state index is 15.1. The van der Waals surface area contributed by atoms with E-state index in [9.17, 15) is 24.0 Å². The van der Waals surface area contributed by atoms with Gasteiger partial charge in [-0.1, -0.05) is 47.5 Å². The number of aliphatic imine (C=N–C) groups is 1. The number of benzene rings is 4. The Morgan fingerprint density at radius 2 is 1.58 bits per heavy atom. The number of carbonyl (C=O) groups is 4. The van der Waals surface area contributed by atoms with Crippen molar-refractivity contribution in [1.82, 2.24) is 39.7 Å². The molecule has 0 spiro atoms. The Labute approximate surface area is 508 Å². The van der Waals surface area contributed by atoms with Gasteiger partial charge in [0.05, 0.1) is 81.8 Å². The second-order valence-electron chi connectivity index (χ2n) is 22.1. The molecule has 4 aliphatic heterocycles. The first-order valence-electron chi connectivity index (χ1n) is 29.0. The summed E-state index contributed by atoms with van der Waals surface area (Å²) in [6, 6.07) is 26.7. The zero-order valence-corrected chi connectivity index (χ0v) is 49.6. The van der Waals surface area contributed by atoms with E-state index in [1.54, 1.807) is 80.1 Å². The Morgan fingerprint density at radius 3 is 2.29 bits per heavy atom. The second kappa shape index (κ2) is 26.1. The average Bonchev–Trinajstić information content (AvgIpc) is 1.71. The summed E-state index contributed by atoms with van der Waals surface area (Å²) in [6.45, 7) is 6.32. The molecule has 2 saturated heterocycles. The molecule has 23 heteroatoms. The molecule has 448 valence electrons. The van der Waals surface area contributed by atoms with Gasteiger partial charge in [-0.25, -0.2) is 14.2 Å². The largest absolute Gasteiger partial charge is 0.497 e. The van der Waals surface area contributed by atoms with Crippen LogP contribution >= 0.6 is 23.2 Å². The van der Waals surface area contributed by atoms with Gasteiger partial charge >= 0.3 is 6.03 Å². The van der Waals surface area contributed by atoms with Crippen molar-refractivity contribution in [2.75, 3.05) is 83.4 Å². The lowest BCUT2D eigenvalue weighted by molar-refractivity contribution is -0.135. The minimum atomic E-state index is -0.640. The molecule has 6 aromatic rings. The van der Waals surface area contributed by atoms with Crippen LogP contribution < -0.4 is 25.4 Å². The van der Waals surface area contributed by atoms with E-state index in [0.717, 1.165) is 30.4 Å². The monoisotopic (exact) mass is 1210 g/mol. The first-order valence-corrected chi connectivity index (χ1v) is 29.8. The van der Waals surface area contributed by atoms with Gasteiger partial charge in [-0.15, -0.1) is 0 Å². The highest BCUT2D eigenvalue weighted by Crippen LogP contribution is 2.47. The number of amidine groups is 1. The van der Waals surface area contributed by atoms with Crippen molar-refractivity contribution in [2.45, 2.75) is 89.3 Å². The van der Waals surface area contributed by atoms with Crippen molar-refractivity contribution >= 4 is 64.3 Å². The summed E-state index contributed by atoms with van der Waals surface area (Å²) in [5, 5.41) is 19.6. The highest BCUT2D eigenvalue weighted by atomic mass is 35.5. The van der Waals surface area contributed by atoms with E-state index in [1.807, 2.05) is 50.2 Å². The number of hydrogen-bond donors (Lipinski definition) is 2. The van der Waals surface area contributed by atoms with E-state index in [1.165, 1.54) is 12.1 Å². The lowest BCUT2D eigenvalue weighted by atomic mass is 9.93. The Kier molecular flexibility index (Phi) is 18.1. The topological polar surface area (TPSA) is 226 Å². The molecule has 3 fully saturated rings. The predicted octanol–water partition coefficient (Wildman–Crippen LogP) is 9.15. The summed E-state index contributed by atoms with van der Waals surface area (Å²) in [6.07, 6.45) is 4.58. The van der Waals surface area contributed by atoms with Gasteiger partial charge in [0, 0.05) is 84.2 Å². The Hall–Kier alpha value is -8.29. The number of nitriles is 1. The van der Waals surface area contributed by atoms with Crippen LogP contribution in [0.2, 0.25) is 10.0 Å². The third kappa shape index (κ3) is 12.8. The normalized spacial score (nSPS) is 18.5. The Morgan fingerprint density at radius 1 is 0.849 bits per heavy atom. The van der Waals surface area contributed by atoms with E-state index < -0.39 is 23.9 Å². The molecule has 5 amide bonds. The number of nitrogens with two attached hydrogens (primary N) is 1. The van der Waals surface area contributed by atoms with Gasteiger partial charge in [-0.05, 0) is 117 Å². The Balaban J connectivity index is 0.673. The summed E-state index contributed by atoms with van der Waals surface area (Å²) in [4.78, 5) is 75.1. The number of nitrogens with one attached hydrogen (secondary N) is 1. The molecule has 0 unspecified atom stereocenters. The Bertz CT molecular complexity index is 3590. The quantitative estimate of drug-likeness (QED) is 0.0723. The number of anilines is 2. The van der Waals surface area contributed by atoms with Crippen molar-refractivity contribution in [1.29, 1.82) is 5.26 Å². The molecule has 2 bridgehead atoms. The number of nitrogen functional groups attached to an aromatic ring is 1. The van der Waals surface area contributed by atoms with Crippen molar-refractivity contribution in [3.05, 3.63) is 152 Å². The highest BCUT2D eigenvalue weighted by molar-refractivity contribution is 6.30. The highest BCUT2D eigenvalue weighted by Gasteiger charge is 2.46. The van der Waals surface area contributed by atoms with Gasteiger partial charge in [-0.2, -0.15) is 10.4 Å². The number of ether oxygens (including phenoxy) is 4. The third-order valence-electron chi connectivity index (χ3n) is 16.1. The number of methoxy groups -OCH3 is 1. The zero-order chi connectivity index (χ0) is 60.2. The third-order valence-corrected chi connectivity index (χ3v) is 16.6. The van der Waals surface area contributed by atoms with Gasteiger partial charge in [0.25, 0.3) is 5.91 Å². The molecule has 6 heterocycles. The lowest BCUT2D eigenvalue weighted by Crippen LogP contribution is -2.56. The maximum Gasteiger partial charge on any atom is 0.326 e. The lowest BCUT2D eigenvalue weighted by Gasteiger charge is -2.38. The molecule has 2 aromatic heterocycles. The van der Waals surface area contributed by atoms with Crippen LogP contribution in [0.1, 0.15) is 108 Å². The SMILES string of the molecule is COc1ccc(C2=N[C@@H](c3ccc(Cl)cc3)[C@@H](c3ccc(Cl)cc3)N2C(=O)N2CCN(CCOCCOCCC(=O)NCCn3nc4c(c3C#N)-c3cnc(N)c(c3)N3CCC[C@@H]3c3cc(F)ccc3C(=O)N(C3CC3)C4)C(=O)C2)c(OC(C)C)c1. The van der Waals surface area contributed by atoms with E-state index in [0.29, 0.717) is 86.1 Å². The van der Waals surface area contributed by atoms with E-state index in [2.05, 4.69) is 21.3 Å². The average molecular weight is 1210 g/mol. The number of urea groups is 1. The number of halogens is 3. The molecular weight excluding hydrogens is 1140 g/mol. The first kappa shape index (κ1) is 59.4. The van der Waals surface area contributed by atoms with Crippen LogP contribution in [0.5, 0.6) is 11.5 Å². The number of fused-ring (bicyclic) bond motifs is 8. The van der Waals surface area contributed by atoms with Crippen LogP contribution in [0.3, 0.4) is 0 Å². The fraction of sp³-hybridized carbons (Fsp3) is 0.397. The maximum atomic E-state index is 15.1. The number of aromatic nitrogens is 3. The molecule has 1 saturated carbocycles. The van der Waals surface area contributed by atoms with E-state index >= 15 is 4.79 Å². The fourth-order valence-electron chi connectivity index (χ4n) is 11.8. The van der Waals surface area contributed by atoms with Crippen LogP contribution in [0, 0.1) is 17.1 Å². The summed E-state index contributed by atoms with van der Waals surface area (Å²) in [5.41, 5.74) is 12.3. The van der Waals surface area contributed by atoms with Gasteiger partial charge in [-0.3, -0.25) is 29.0 Å². The molecule has 1 aliphatic carbocycles. The number of amides is 5. The smallest absolute Gasteiger partial charge is 0.326 e. The second-order valence-corrected chi connectivity index (χ2v) is 23.0. The number of pyridine rings is 1. The molecule has 0 radical (unpaired) electrons. The predicted molar refractivity (Wildman–Crippen MR) is 322 cm³/mol. The van der Waals surface area contributed by atoms with Gasteiger partial charge < -0.3 is 49.6 Å². The van der Waals surface area contributed by atoms with Crippen molar-refractivity contribution in [2.24, 2.45) is 4.99 Å². The van der Waals surface area contributed by atoms with Crippen molar-refractivity contribution < 1.29 is 42.5 Å². The molecule has 20 nitrogen and oxygen atoms in total. The molecule has 4 aromatic carbocycles. The van der Waals surface area contributed by atoms with Crippen molar-refractivity contribution in [3.8, 4) is 28.7 Å². The zero-order valence-electron chi connectivity index (χ0n) is 48.1. The minimum absolute atomic E-state index is 0.0369. The van der Waals surface area contributed by atoms with E-state index in [4.69, 9.17) is 58.0 Å². The molecular formula is C63H67Cl2FN12O8. The number of piperazine rings is 1. The van der Waals surface area contributed by atoms with Crippen molar-refractivity contribution in [3.63, 3.8) is 0 Å².